The predicted molar refractivity (Wildman–Crippen MR) is 101 cm³/mol. The Bertz CT molecular complexity index is 621. The molecule has 1 aliphatic carbocycles. The van der Waals surface area contributed by atoms with Gasteiger partial charge in [0.2, 0.25) is 5.91 Å². The van der Waals surface area contributed by atoms with Gasteiger partial charge in [-0.3, -0.25) is 19.8 Å². The summed E-state index contributed by atoms with van der Waals surface area (Å²) in [4.78, 5) is 27.4. The zero-order valence-electron chi connectivity index (χ0n) is 15.2. The molecule has 142 valence electrons. The van der Waals surface area contributed by atoms with E-state index in [4.69, 9.17) is 0 Å². The lowest BCUT2D eigenvalue weighted by molar-refractivity contribution is -0.384. The molecule has 0 unspecified atom stereocenters. The minimum atomic E-state index is -0.331. The maximum absolute atomic E-state index is 12.3. The Morgan fingerprint density at radius 2 is 1.73 bits per heavy atom. The molecule has 1 aliphatic heterocycles. The Morgan fingerprint density at radius 1 is 1.08 bits per heavy atom. The fourth-order valence-electron chi connectivity index (χ4n) is 3.93. The molecule has 1 aromatic rings. The molecule has 0 bridgehead atoms. The van der Waals surface area contributed by atoms with Gasteiger partial charge >= 0.3 is 0 Å². The molecule has 1 heterocycles. The summed E-state index contributed by atoms with van der Waals surface area (Å²) < 4.78 is 0. The van der Waals surface area contributed by atoms with E-state index >= 15 is 0 Å². The predicted octanol–water partition coefficient (Wildman–Crippen LogP) is 2.56. The van der Waals surface area contributed by atoms with E-state index in [0.29, 0.717) is 31.4 Å². The van der Waals surface area contributed by atoms with Crippen LogP contribution in [-0.2, 0) is 4.79 Å². The lowest BCUT2D eigenvalue weighted by Gasteiger charge is -2.35. The largest absolute Gasteiger partial charge is 0.363 e. The molecule has 3 rings (SSSR count). The van der Waals surface area contributed by atoms with Gasteiger partial charge in [0.15, 0.2) is 0 Å². The van der Waals surface area contributed by atoms with Gasteiger partial charge in [-0.2, -0.15) is 0 Å². The molecular formula is C19H28N4O3. The lowest BCUT2D eigenvalue weighted by atomic mass is 10.1. The third-order valence-corrected chi connectivity index (χ3v) is 5.38. The van der Waals surface area contributed by atoms with Crippen LogP contribution in [0, 0.1) is 10.1 Å². The topological polar surface area (TPSA) is 78.7 Å². The second-order valence-corrected chi connectivity index (χ2v) is 7.27. The van der Waals surface area contributed by atoms with Crippen molar-refractivity contribution in [3.63, 3.8) is 0 Å². The Kier molecular flexibility index (Phi) is 6.44. The number of nitro benzene ring substituents is 1. The van der Waals surface area contributed by atoms with Gasteiger partial charge in [0.25, 0.3) is 5.69 Å². The summed E-state index contributed by atoms with van der Waals surface area (Å²) in [6, 6.07) is 7.19. The van der Waals surface area contributed by atoms with Crippen molar-refractivity contribution in [1.29, 1.82) is 0 Å². The van der Waals surface area contributed by atoms with Crippen LogP contribution in [0.5, 0.6) is 0 Å². The Labute approximate surface area is 154 Å². The van der Waals surface area contributed by atoms with E-state index in [-0.39, 0.29) is 16.5 Å². The highest BCUT2D eigenvalue weighted by molar-refractivity contribution is 5.78. The van der Waals surface area contributed by atoms with E-state index in [2.05, 4.69) is 10.2 Å². The molecule has 1 N–H and O–H groups in total. The van der Waals surface area contributed by atoms with Crippen molar-refractivity contribution in [2.24, 2.45) is 0 Å². The highest BCUT2D eigenvalue weighted by Crippen LogP contribution is 2.28. The van der Waals surface area contributed by atoms with Crippen LogP contribution < -0.4 is 10.2 Å². The molecule has 26 heavy (non-hydrogen) atoms. The van der Waals surface area contributed by atoms with Gasteiger partial charge in [-0.1, -0.05) is 37.8 Å². The summed E-state index contributed by atoms with van der Waals surface area (Å²) in [5.41, 5.74) is 0.812. The molecule has 1 amide bonds. The molecule has 1 saturated heterocycles. The Balaban J connectivity index is 1.48. The summed E-state index contributed by atoms with van der Waals surface area (Å²) in [6.45, 7) is 3.29. The molecular weight excluding hydrogens is 332 g/mol. The molecule has 7 nitrogen and oxygen atoms in total. The number of rotatable bonds is 5. The maximum atomic E-state index is 12.3. The number of nitro groups is 1. The molecule has 1 aromatic carbocycles. The first kappa shape index (κ1) is 18.6. The fraction of sp³-hybridized carbons (Fsp3) is 0.632. The number of anilines is 1. The lowest BCUT2D eigenvalue weighted by Crippen LogP contribution is -2.50. The van der Waals surface area contributed by atoms with Crippen molar-refractivity contribution >= 4 is 17.3 Å². The zero-order valence-corrected chi connectivity index (χ0v) is 15.2. The molecule has 0 aromatic heterocycles. The Morgan fingerprint density at radius 3 is 2.38 bits per heavy atom. The van der Waals surface area contributed by atoms with Crippen LogP contribution in [-0.4, -0.2) is 54.5 Å². The normalized spacial score (nSPS) is 19.8. The maximum Gasteiger partial charge on any atom is 0.292 e. The van der Waals surface area contributed by atoms with Crippen LogP contribution in [0.3, 0.4) is 0 Å². The van der Waals surface area contributed by atoms with Crippen molar-refractivity contribution in [2.75, 3.05) is 37.6 Å². The second kappa shape index (κ2) is 8.98. The second-order valence-electron chi connectivity index (χ2n) is 7.27. The van der Waals surface area contributed by atoms with Crippen LogP contribution >= 0.6 is 0 Å². The van der Waals surface area contributed by atoms with Gasteiger partial charge in [0.05, 0.1) is 11.5 Å². The van der Waals surface area contributed by atoms with Gasteiger partial charge in [-0.05, 0) is 18.9 Å². The molecule has 0 radical (unpaired) electrons. The summed E-state index contributed by atoms with van der Waals surface area (Å²) in [7, 11) is 0. The van der Waals surface area contributed by atoms with Crippen LogP contribution in [0.25, 0.3) is 0 Å². The first-order chi connectivity index (χ1) is 12.6. The van der Waals surface area contributed by atoms with Crippen molar-refractivity contribution in [2.45, 2.75) is 44.6 Å². The average Bonchev–Trinajstić information content (AvgIpc) is 2.91. The van der Waals surface area contributed by atoms with Gasteiger partial charge in [0.1, 0.15) is 5.69 Å². The SMILES string of the molecule is O=C(CN1CCN(c2ccccc2[N+](=O)[O-])CC1)NC1CCCCCC1. The monoisotopic (exact) mass is 360 g/mol. The fourth-order valence-corrected chi connectivity index (χ4v) is 3.93. The van der Waals surface area contributed by atoms with Gasteiger partial charge < -0.3 is 10.2 Å². The summed E-state index contributed by atoms with van der Waals surface area (Å²) >= 11 is 0. The number of hydrogen-bond donors (Lipinski definition) is 1. The van der Waals surface area contributed by atoms with Crippen LogP contribution in [0.4, 0.5) is 11.4 Å². The smallest absolute Gasteiger partial charge is 0.292 e. The van der Waals surface area contributed by atoms with E-state index < -0.39 is 0 Å². The van der Waals surface area contributed by atoms with Gasteiger partial charge in [-0.25, -0.2) is 0 Å². The Hall–Kier alpha value is -2.15. The number of carbonyl (C=O) groups is 1. The van der Waals surface area contributed by atoms with Crippen molar-refractivity contribution in [1.82, 2.24) is 10.2 Å². The number of hydrogen-bond acceptors (Lipinski definition) is 5. The van der Waals surface area contributed by atoms with Crippen molar-refractivity contribution < 1.29 is 9.72 Å². The first-order valence-corrected chi connectivity index (χ1v) is 9.63. The number of para-hydroxylation sites is 2. The molecule has 2 aliphatic rings. The van der Waals surface area contributed by atoms with E-state index in [1.807, 2.05) is 11.0 Å². The number of nitrogens with one attached hydrogen (secondary N) is 1. The van der Waals surface area contributed by atoms with Crippen LogP contribution in [0.2, 0.25) is 0 Å². The number of piperazine rings is 1. The molecule has 0 spiro atoms. The summed E-state index contributed by atoms with van der Waals surface area (Å²) in [5, 5.41) is 14.4. The van der Waals surface area contributed by atoms with Crippen LogP contribution in [0.15, 0.2) is 24.3 Å². The number of nitrogens with zero attached hydrogens (tertiary/aromatic N) is 3. The van der Waals surface area contributed by atoms with E-state index in [0.717, 1.165) is 25.9 Å². The minimum absolute atomic E-state index is 0.107. The highest BCUT2D eigenvalue weighted by Gasteiger charge is 2.24. The third kappa shape index (κ3) is 4.94. The third-order valence-electron chi connectivity index (χ3n) is 5.38. The number of benzene rings is 1. The average molecular weight is 360 g/mol. The van der Waals surface area contributed by atoms with E-state index in [1.165, 1.54) is 25.7 Å². The van der Waals surface area contributed by atoms with Crippen LogP contribution in [0.1, 0.15) is 38.5 Å². The van der Waals surface area contributed by atoms with E-state index in [9.17, 15) is 14.9 Å². The van der Waals surface area contributed by atoms with Crippen molar-refractivity contribution in [3.05, 3.63) is 34.4 Å². The number of carbonyl (C=O) groups excluding carboxylic acids is 1. The summed E-state index contributed by atoms with van der Waals surface area (Å²) in [6.07, 6.45) is 7.16. The van der Waals surface area contributed by atoms with Gasteiger partial charge in [-0.15, -0.1) is 0 Å². The van der Waals surface area contributed by atoms with Crippen molar-refractivity contribution in [3.8, 4) is 0 Å². The highest BCUT2D eigenvalue weighted by atomic mass is 16.6. The van der Waals surface area contributed by atoms with E-state index in [1.54, 1.807) is 18.2 Å². The van der Waals surface area contributed by atoms with Gasteiger partial charge in [0, 0.05) is 38.3 Å². The zero-order chi connectivity index (χ0) is 18.4. The standard InChI is InChI=1S/C19H28N4O3/c24-19(20-16-7-3-1-2-4-8-16)15-21-11-13-22(14-12-21)17-9-5-6-10-18(17)23(25)26/h5-6,9-10,16H,1-4,7-8,11-15H2,(H,20,24). The molecule has 0 atom stereocenters. The first-order valence-electron chi connectivity index (χ1n) is 9.63. The summed E-state index contributed by atoms with van der Waals surface area (Å²) in [5.74, 6) is 0.107. The number of amides is 1. The minimum Gasteiger partial charge on any atom is -0.363 e. The molecule has 2 fully saturated rings. The molecule has 7 heteroatoms. The quantitative estimate of drug-likeness (QED) is 0.496. The molecule has 1 saturated carbocycles.